The van der Waals surface area contributed by atoms with E-state index in [1.165, 1.54) is 12.2 Å². The van der Waals surface area contributed by atoms with Crippen LogP contribution in [-0.2, 0) is 120 Å². The Morgan fingerprint density at radius 1 is 0.833 bits per heavy atom. The molecule has 0 aliphatic carbocycles. The normalized spacial score (nSPS) is 5.00. The van der Waals surface area contributed by atoms with E-state index in [1.54, 1.807) is 20.9 Å². The Morgan fingerprint density at radius 2 is 1.04 bits per heavy atom. The Labute approximate surface area is 280 Å². The number of hydrogen-bond donors (Lipinski definition) is 1. The van der Waals surface area contributed by atoms with Gasteiger partial charge in [-0.15, -0.1) is 0 Å². The van der Waals surface area contributed by atoms with Crippen LogP contribution < -0.4 is 0 Å². The molecule has 0 aliphatic heterocycles. The van der Waals surface area contributed by atoms with Crippen LogP contribution in [-0.4, -0.2) is 36.2 Å². The number of carbonyl (C=O) groups excluding carboxylic acids is 1. The molecule has 5 nitrogen and oxygen atoms in total. The van der Waals surface area contributed by atoms with Gasteiger partial charge in [-0.1, -0.05) is 41.5 Å². The van der Waals surface area contributed by atoms with Gasteiger partial charge in [-0.05, 0) is 0 Å². The first-order valence-corrected chi connectivity index (χ1v) is 6.01. The number of rotatable bonds is 3. The van der Waals surface area contributed by atoms with Crippen molar-refractivity contribution in [2.75, 3.05) is 14.2 Å². The van der Waals surface area contributed by atoms with Gasteiger partial charge in [0.05, 0.1) is 7.11 Å². The van der Waals surface area contributed by atoms with Crippen LogP contribution in [0, 0.1) is 75.5 Å². The van der Waals surface area contributed by atoms with Crippen LogP contribution in [0.25, 0.3) is 0 Å². The van der Waals surface area contributed by atoms with Crippen molar-refractivity contribution < 1.29 is 200 Å². The molecule has 0 heterocycles. The van der Waals surface area contributed by atoms with Crippen molar-refractivity contribution in [3.8, 4) is 0 Å². The van der Waals surface area contributed by atoms with Crippen LogP contribution in [0.1, 0.15) is 54.4 Å². The van der Waals surface area contributed by atoms with Crippen LogP contribution in [0.2, 0.25) is 0 Å². The topological polar surface area (TPSA) is 66.8 Å². The molecule has 0 aromatic carbocycles. The predicted octanol–water partition coefficient (Wildman–Crippen LogP) is 2.94. The van der Waals surface area contributed by atoms with E-state index in [0.29, 0.717) is 6.42 Å². The number of carboxylic acids is 1. The maximum absolute atomic E-state index is 10.5. The summed E-state index contributed by atoms with van der Waals surface area (Å²) in [5.41, 5.74) is 0. The fourth-order valence-electron chi connectivity index (χ4n) is 0.324. The van der Waals surface area contributed by atoms with E-state index in [2.05, 4.69) is 4.84 Å². The fourth-order valence-corrected chi connectivity index (χ4v) is 0.324. The van der Waals surface area contributed by atoms with Gasteiger partial charge in [0.2, 0.25) is 5.91 Å². The molecule has 0 aliphatic rings. The first-order valence-electron chi connectivity index (χ1n) is 6.01. The number of hydrogen-bond acceptors (Lipinski definition) is 3. The monoisotopic (exact) mass is 1250 g/mol. The Bertz CT molecular complexity index is 188. The van der Waals surface area contributed by atoms with Gasteiger partial charge in [-0.2, -0.15) is 0 Å². The van der Waals surface area contributed by atoms with E-state index in [4.69, 9.17) is 5.11 Å². The minimum Gasteiger partial charge on any atom is -0.481 e. The van der Waals surface area contributed by atoms with Crippen LogP contribution in [0.3, 0.4) is 0 Å². The molecule has 12 heteroatoms. The number of aliphatic carboxylic acids is 1. The minimum absolute atomic E-state index is 0. The maximum Gasteiger partial charge on any atom is 0.303 e. The van der Waals surface area contributed by atoms with Gasteiger partial charge in [-0.25, -0.2) is 5.06 Å². The summed E-state index contributed by atoms with van der Waals surface area (Å²) in [7, 11) is 3.05. The zero-order chi connectivity index (χ0) is 14.9. The van der Waals surface area contributed by atoms with E-state index >= 15 is 0 Å². The minimum atomic E-state index is -0.745. The van der Waals surface area contributed by atoms with E-state index < -0.39 is 5.97 Å². The third-order valence-corrected chi connectivity index (χ3v) is 1.23. The first-order chi connectivity index (χ1) is 7.99. The van der Waals surface area contributed by atoms with Crippen molar-refractivity contribution in [1.82, 2.24) is 5.06 Å². The zero-order valence-corrected chi connectivity index (χ0v) is 31.4. The second kappa shape index (κ2) is 70.7. The van der Waals surface area contributed by atoms with Gasteiger partial charge in [-0.3, -0.25) is 14.4 Å². The molecule has 0 fully saturated rings. The third-order valence-electron chi connectivity index (χ3n) is 1.23. The summed E-state index contributed by atoms with van der Waals surface area (Å²) in [6.07, 6.45) is 0.713. The quantitative estimate of drug-likeness (QED) is 0.443. The second-order valence-corrected chi connectivity index (χ2v) is 2.17. The Kier molecular flexibility index (Phi) is 207. The van der Waals surface area contributed by atoms with Crippen LogP contribution in [0.4, 0.5) is 0 Å². The molecule has 0 radical (unpaired) electrons. The molecular formula is C12H29Ar2NO4W5. The van der Waals surface area contributed by atoms with E-state index in [1.807, 2.05) is 27.7 Å². The Balaban J connectivity index is -0.0000000107. The molecule has 1 N–H and O–H groups in total. The Hall–Kier alpha value is 4.86. The van der Waals surface area contributed by atoms with Gasteiger partial charge in [0.15, 0.2) is 0 Å². The molecule has 0 aromatic heterocycles. The fraction of sp³-hybridized carbons (Fsp3) is 0.833. The van der Waals surface area contributed by atoms with Gasteiger partial charge in [0.25, 0.3) is 0 Å². The largest absolute Gasteiger partial charge is 0.481 e. The molecule has 0 bridgehead atoms. The molecule has 0 atom stereocenters. The summed E-state index contributed by atoms with van der Waals surface area (Å²) in [4.78, 5) is 24.5. The molecule has 24 heavy (non-hydrogen) atoms. The average Bonchev–Trinajstić information content (AvgIpc) is 2.41. The molecule has 152 valence electrons. The van der Waals surface area contributed by atoms with E-state index in [9.17, 15) is 9.59 Å². The average molecular weight is 1250 g/mol. The number of nitrogens with zero attached hydrogens (tertiary/aromatic N) is 1. The second-order valence-electron chi connectivity index (χ2n) is 2.17. The van der Waals surface area contributed by atoms with Crippen molar-refractivity contribution in [3.63, 3.8) is 0 Å². The van der Waals surface area contributed by atoms with Gasteiger partial charge < -0.3 is 5.11 Å². The van der Waals surface area contributed by atoms with Crippen LogP contribution in [0.5, 0.6) is 0 Å². The Morgan fingerprint density at radius 3 is 1.08 bits per heavy atom. The molecular weight excluding hydrogens is 1220 g/mol. The molecule has 0 aromatic rings. The van der Waals surface area contributed by atoms with E-state index in [0.717, 1.165) is 0 Å². The predicted molar refractivity (Wildman–Crippen MR) is 70.7 cm³/mol. The van der Waals surface area contributed by atoms with Gasteiger partial charge in [0.1, 0.15) is 0 Å². The summed E-state index contributed by atoms with van der Waals surface area (Å²) < 4.78 is 0. The number of carbonyl (C=O) groups is 2. The molecule has 0 unspecified atom stereocenters. The van der Waals surface area contributed by atoms with E-state index in [-0.39, 0.29) is 193 Å². The molecule has 1 amide bonds. The molecule has 0 spiro atoms. The molecule has 0 rings (SSSR count). The van der Waals surface area contributed by atoms with Crippen molar-refractivity contribution in [2.24, 2.45) is 0 Å². The summed E-state index contributed by atoms with van der Waals surface area (Å²) in [5, 5.41) is 8.93. The van der Waals surface area contributed by atoms with Gasteiger partial charge in [0, 0.05) is 201 Å². The van der Waals surface area contributed by atoms with Crippen LogP contribution >= 0.6 is 0 Å². The number of amides is 1. The summed E-state index contributed by atoms with van der Waals surface area (Å²) in [5.74, 6) is -0.752. The summed E-state index contributed by atoms with van der Waals surface area (Å²) in [6, 6.07) is 0. The standard InChI is InChI=1S/C5H11NO2.C3H6O2.2C2H6.2Ar.5W/c1-4-5(7)6(2)8-3;1-2-3(4)5;2*1-2;;;;;;;/h4H2,1-3H3;2H2,1H3,(H,4,5);2*1-2H3;;;;;;;. The zero-order valence-electron chi connectivity index (χ0n) is 15.3. The van der Waals surface area contributed by atoms with Gasteiger partial charge >= 0.3 is 5.97 Å². The number of hydroxylamine groups is 2. The molecule has 0 saturated heterocycles. The number of carboxylic acid groups (broad SMARTS) is 1. The third kappa shape index (κ3) is 81.3. The maximum atomic E-state index is 10.5. The van der Waals surface area contributed by atoms with Crippen molar-refractivity contribution in [2.45, 2.75) is 54.4 Å². The van der Waals surface area contributed by atoms with Crippen molar-refractivity contribution >= 4 is 11.9 Å². The smallest absolute Gasteiger partial charge is 0.303 e. The SMILES string of the molecule is CC.CC.CCC(=O)N(C)OC.CCC(=O)O.[Ar].[Ar].[W].[W].[W].[W].[W]. The van der Waals surface area contributed by atoms with Crippen molar-refractivity contribution in [3.05, 3.63) is 0 Å². The van der Waals surface area contributed by atoms with Crippen LogP contribution in [0.15, 0.2) is 0 Å². The summed E-state index contributed by atoms with van der Waals surface area (Å²) >= 11 is 0. The molecule has 0 saturated carbocycles. The van der Waals surface area contributed by atoms with Crippen molar-refractivity contribution in [1.29, 1.82) is 0 Å². The first kappa shape index (κ1) is 70.2. The summed E-state index contributed by atoms with van der Waals surface area (Å²) in [6.45, 7) is 11.4.